The third-order valence-electron chi connectivity index (χ3n) is 2.43. The molecule has 1 atom stereocenters. The predicted octanol–water partition coefficient (Wildman–Crippen LogP) is 0.501. The van der Waals surface area contributed by atoms with Crippen LogP contribution in [0, 0.1) is 0 Å². The van der Waals surface area contributed by atoms with Crippen LogP contribution in [-0.2, 0) is 9.47 Å². The molecule has 11 heavy (non-hydrogen) atoms. The zero-order chi connectivity index (χ0) is 7.73. The fourth-order valence-electron chi connectivity index (χ4n) is 1.63. The van der Waals surface area contributed by atoms with Crippen molar-refractivity contribution in [2.75, 3.05) is 19.8 Å². The molecule has 1 spiro atoms. The highest BCUT2D eigenvalue weighted by atomic mass is 16.6. The summed E-state index contributed by atoms with van der Waals surface area (Å²) in [4.78, 5) is 0. The van der Waals surface area contributed by atoms with E-state index in [0.29, 0.717) is 6.10 Å². The van der Waals surface area contributed by atoms with Crippen LogP contribution in [-0.4, -0.2) is 31.6 Å². The van der Waals surface area contributed by atoms with Gasteiger partial charge in [-0.05, 0) is 12.8 Å². The summed E-state index contributed by atoms with van der Waals surface area (Å²) in [6.07, 6.45) is 2.70. The molecule has 64 valence electrons. The van der Waals surface area contributed by atoms with Gasteiger partial charge in [0, 0.05) is 6.54 Å². The molecule has 2 rings (SSSR count). The molecule has 2 saturated heterocycles. The largest absolute Gasteiger partial charge is 0.372 e. The maximum absolute atomic E-state index is 5.82. The first-order valence-corrected chi connectivity index (χ1v) is 4.35. The third-order valence-corrected chi connectivity index (χ3v) is 2.43. The van der Waals surface area contributed by atoms with Gasteiger partial charge >= 0.3 is 0 Å². The monoisotopic (exact) mass is 157 g/mol. The summed E-state index contributed by atoms with van der Waals surface area (Å²) in [7, 11) is 0. The van der Waals surface area contributed by atoms with E-state index in [2.05, 4.69) is 12.2 Å². The van der Waals surface area contributed by atoms with Gasteiger partial charge in [-0.3, -0.25) is 5.32 Å². The van der Waals surface area contributed by atoms with Gasteiger partial charge in [-0.25, -0.2) is 0 Å². The molecule has 0 aromatic heterocycles. The molecule has 0 radical (unpaired) electrons. The van der Waals surface area contributed by atoms with E-state index in [4.69, 9.17) is 9.47 Å². The summed E-state index contributed by atoms with van der Waals surface area (Å²) in [5.41, 5.74) is -0.0983. The van der Waals surface area contributed by atoms with E-state index in [9.17, 15) is 0 Å². The van der Waals surface area contributed by atoms with Gasteiger partial charge in [-0.2, -0.15) is 0 Å². The SMILES string of the molecule is CCC1CCNC2(COC2)O1. The Morgan fingerprint density at radius 2 is 2.36 bits per heavy atom. The van der Waals surface area contributed by atoms with Gasteiger partial charge in [0.25, 0.3) is 0 Å². The van der Waals surface area contributed by atoms with Crippen molar-refractivity contribution < 1.29 is 9.47 Å². The molecule has 0 amide bonds. The van der Waals surface area contributed by atoms with Crippen LogP contribution in [0.25, 0.3) is 0 Å². The molecular formula is C8H15NO2. The number of rotatable bonds is 1. The quantitative estimate of drug-likeness (QED) is 0.601. The summed E-state index contributed by atoms with van der Waals surface area (Å²) in [6, 6.07) is 0. The predicted molar refractivity (Wildman–Crippen MR) is 41.3 cm³/mol. The lowest BCUT2D eigenvalue weighted by Gasteiger charge is -2.47. The van der Waals surface area contributed by atoms with Crippen LogP contribution < -0.4 is 5.32 Å². The minimum atomic E-state index is -0.0983. The van der Waals surface area contributed by atoms with Crippen molar-refractivity contribution in [1.82, 2.24) is 5.32 Å². The summed E-state index contributed by atoms with van der Waals surface area (Å²) in [5.74, 6) is 0. The summed E-state index contributed by atoms with van der Waals surface area (Å²) >= 11 is 0. The van der Waals surface area contributed by atoms with Gasteiger partial charge in [0.05, 0.1) is 19.3 Å². The maximum Gasteiger partial charge on any atom is 0.166 e. The normalized spacial score (nSPS) is 35.2. The number of ether oxygens (including phenoxy) is 2. The molecule has 1 unspecified atom stereocenters. The molecule has 0 aromatic rings. The van der Waals surface area contributed by atoms with Gasteiger partial charge in [0.1, 0.15) is 0 Å². The summed E-state index contributed by atoms with van der Waals surface area (Å²) < 4.78 is 10.9. The smallest absolute Gasteiger partial charge is 0.166 e. The average Bonchev–Trinajstić information content (AvgIpc) is 2.02. The molecule has 3 heteroatoms. The van der Waals surface area contributed by atoms with Crippen LogP contribution in [0.4, 0.5) is 0 Å². The second-order valence-corrected chi connectivity index (χ2v) is 3.35. The molecule has 0 aromatic carbocycles. The number of hydrogen-bond donors (Lipinski definition) is 1. The van der Waals surface area contributed by atoms with E-state index in [-0.39, 0.29) is 5.72 Å². The fraction of sp³-hybridized carbons (Fsp3) is 1.00. The Morgan fingerprint density at radius 1 is 1.55 bits per heavy atom. The minimum absolute atomic E-state index is 0.0983. The highest BCUT2D eigenvalue weighted by Gasteiger charge is 2.43. The van der Waals surface area contributed by atoms with Crippen LogP contribution >= 0.6 is 0 Å². The van der Waals surface area contributed by atoms with E-state index >= 15 is 0 Å². The molecule has 2 aliphatic rings. The van der Waals surface area contributed by atoms with Gasteiger partial charge < -0.3 is 9.47 Å². The average molecular weight is 157 g/mol. The van der Waals surface area contributed by atoms with Crippen LogP contribution in [0.15, 0.2) is 0 Å². The lowest BCUT2D eigenvalue weighted by molar-refractivity contribution is -0.262. The first-order valence-electron chi connectivity index (χ1n) is 4.35. The molecule has 0 bridgehead atoms. The van der Waals surface area contributed by atoms with Crippen LogP contribution in [0.3, 0.4) is 0 Å². The van der Waals surface area contributed by atoms with Gasteiger partial charge in [-0.1, -0.05) is 6.92 Å². The maximum atomic E-state index is 5.82. The molecular weight excluding hydrogens is 142 g/mol. The highest BCUT2D eigenvalue weighted by molar-refractivity contribution is 4.89. The van der Waals surface area contributed by atoms with Crippen molar-refractivity contribution in [3.8, 4) is 0 Å². The molecule has 2 aliphatic heterocycles. The molecule has 0 aliphatic carbocycles. The number of hydrogen-bond acceptors (Lipinski definition) is 3. The molecule has 2 fully saturated rings. The standard InChI is InChI=1S/C8H15NO2/c1-2-7-3-4-9-8(11-7)5-10-6-8/h7,9H,2-6H2,1H3. The first kappa shape index (κ1) is 7.53. The van der Waals surface area contributed by atoms with Crippen LogP contribution in [0.2, 0.25) is 0 Å². The van der Waals surface area contributed by atoms with Gasteiger partial charge in [-0.15, -0.1) is 0 Å². The van der Waals surface area contributed by atoms with Gasteiger partial charge in [0.15, 0.2) is 5.72 Å². The van der Waals surface area contributed by atoms with E-state index < -0.39 is 0 Å². The zero-order valence-electron chi connectivity index (χ0n) is 6.93. The second kappa shape index (κ2) is 2.73. The Bertz CT molecular complexity index is 145. The Labute approximate surface area is 67.1 Å². The van der Waals surface area contributed by atoms with E-state index in [1.165, 1.54) is 0 Å². The fourth-order valence-corrected chi connectivity index (χ4v) is 1.63. The number of nitrogens with one attached hydrogen (secondary N) is 1. The van der Waals surface area contributed by atoms with Crippen molar-refractivity contribution in [1.29, 1.82) is 0 Å². The third kappa shape index (κ3) is 1.28. The topological polar surface area (TPSA) is 30.5 Å². The van der Waals surface area contributed by atoms with Crippen molar-refractivity contribution in [3.63, 3.8) is 0 Å². The van der Waals surface area contributed by atoms with Crippen molar-refractivity contribution in [3.05, 3.63) is 0 Å². The van der Waals surface area contributed by atoms with E-state index in [1.54, 1.807) is 0 Å². The first-order chi connectivity index (χ1) is 5.35. The van der Waals surface area contributed by atoms with Gasteiger partial charge in [0.2, 0.25) is 0 Å². The lowest BCUT2D eigenvalue weighted by atomic mass is 10.1. The molecule has 0 saturated carbocycles. The molecule has 2 heterocycles. The van der Waals surface area contributed by atoms with Crippen molar-refractivity contribution in [2.24, 2.45) is 0 Å². The Morgan fingerprint density at radius 3 is 2.91 bits per heavy atom. The summed E-state index contributed by atoms with van der Waals surface area (Å²) in [5, 5.41) is 3.35. The lowest BCUT2D eigenvalue weighted by Crippen LogP contribution is -2.66. The van der Waals surface area contributed by atoms with E-state index in [0.717, 1.165) is 32.6 Å². The molecule has 1 N–H and O–H groups in total. The van der Waals surface area contributed by atoms with Crippen LogP contribution in [0.1, 0.15) is 19.8 Å². The highest BCUT2D eigenvalue weighted by Crippen LogP contribution is 2.25. The van der Waals surface area contributed by atoms with Crippen LogP contribution in [0.5, 0.6) is 0 Å². The van der Waals surface area contributed by atoms with Crippen molar-refractivity contribution >= 4 is 0 Å². The molecule has 3 nitrogen and oxygen atoms in total. The van der Waals surface area contributed by atoms with E-state index in [1.807, 2.05) is 0 Å². The Kier molecular flexibility index (Phi) is 1.87. The Hall–Kier alpha value is -0.120. The zero-order valence-corrected chi connectivity index (χ0v) is 6.93. The minimum Gasteiger partial charge on any atom is -0.372 e. The second-order valence-electron chi connectivity index (χ2n) is 3.35. The summed E-state index contributed by atoms with van der Waals surface area (Å²) in [6.45, 7) is 4.69. The van der Waals surface area contributed by atoms with Crippen molar-refractivity contribution in [2.45, 2.75) is 31.6 Å². The Balaban J connectivity index is 1.92.